The van der Waals surface area contributed by atoms with Gasteiger partial charge >= 0.3 is 0 Å². The Morgan fingerprint density at radius 1 is 1.35 bits per heavy atom. The van der Waals surface area contributed by atoms with Crippen LogP contribution in [0.2, 0.25) is 0 Å². The number of nitrogens with two attached hydrogens (primary N) is 1. The monoisotopic (exact) mass is 255 g/mol. The Hall–Kier alpha value is -1.05. The van der Waals surface area contributed by atoms with Crippen molar-refractivity contribution in [3.8, 4) is 0 Å². The van der Waals surface area contributed by atoms with Crippen LogP contribution in [0.25, 0.3) is 0 Å². The van der Waals surface area contributed by atoms with E-state index in [-0.39, 0.29) is 6.04 Å². The van der Waals surface area contributed by atoms with Gasteiger partial charge in [0.2, 0.25) is 5.01 Å². The van der Waals surface area contributed by atoms with Gasteiger partial charge in [0.25, 0.3) is 5.91 Å². The van der Waals surface area contributed by atoms with Gasteiger partial charge in [-0.15, -0.1) is 10.2 Å². The largest absolute Gasteiger partial charge is 0.363 e. The minimum absolute atomic E-state index is 0.203. The van der Waals surface area contributed by atoms with E-state index in [1.807, 2.05) is 0 Å². The topological polar surface area (TPSA) is 75.3 Å². The molecule has 1 amide bonds. The molecule has 1 fully saturated rings. The molecule has 0 aliphatic carbocycles. The summed E-state index contributed by atoms with van der Waals surface area (Å²) in [7, 11) is 2.12. The first-order chi connectivity index (χ1) is 8.08. The van der Waals surface area contributed by atoms with Crippen LogP contribution in [0.5, 0.6) is 0 Å². The van der Waals surface area contributed by atoms with E-state index in [4.69, 9.17) is 5.73 Å². The highest BCUT2D eigenvalue weighted by molar-refractivity contribution is 7.13. The number of hydrogen-bond donors (Lipinski definition) is 1. The Morgan fingerprint density at radius 2 is 2.00 bits per heavy atom. The van der Waals surface area contributed by atoms with Crippen LogP contribution in [-0.2, 0) is 0 Å². The Kier molecular flexibility index (Phi) is 3.70. The Morgan fingerprint density at radius 3 is 2.53 bits per heavy atom. The number of carbonyl (C=O) groups excluding carboxylic acids is 1. The maximum absolute atomic E-state index is 11.0. The first-order valence-electron chi connectivity index (χ1n) is 5.63. The number of piperazine rings is 1. The highest BCUT2D eigenvalue weighted by Gasteiger charge is 2.23. The van der Waals surface area contributed by atoms with E-state index in [0.717, 1.165) is 31.2 Å². The zero-order chi connectivity index (χ0) is 12.4. The SMILES string of the molecule is CC(c1nnc(C(N)=O)s1)N1CCN(C)CC1. The maximum Gasteiger partial charge on any atom is 0.279 e. The summed E-state index contributed by atoms with van der Waals surface area (Å²) in [6, 6.07) is 0.203. The van der Waals surface area contributed by atoms with Crippen LogP contribution >= 0.6 is 11.3 Å². The molecule has 6 nitrogen and oxygen atoms in total. The molecule has 1 aliphatic rings. The Labute approximate surface area is 104 Å². The molecule has 0 aromatic carbocycles. The van der Waals surface area contributed by atoms with Gasteiger partial charge in [0.05, 0.1) is 6.04 Å². The number of nitrogens with zero attached hydrogens (tertiary/aromatic N) is 4. The molecule has 2 N–H and O–H groups in total. The summed E-state index contributed by atoms with van der Waals surface area (Å²) in [5, 5.41) is 9.00. The van der Waals surface area contributed by atoms with Gasteiger partial charge in [-0.25, -0.2) is 0 Å². The molecule has 17 heavy (non-hydrogen) atoms. The summed E-state index contributed by atoms with van der Waals surface area (Å²) in [6.07, 6.45) is 0. The third-order valence-electron chi connectivity index (χ3n) is 3.09. The third-order valence-corrected chi connectivity index (χ3v) is 4.20. The Bertz CT molecular complexity index is 399. The van der Waals surface area contributed by atoms with Crippen LogP contribution in [0.15, 0.2) is 0 Å². The highest BCUT2D eigenvalue weighted by atomic mass is 32.1. The predicted octanol–water partition coefficient (Wildman–Crippen LogP) is -0.0546. The predicted molar refractivity (Wildman–Crippen MR) is 65.9 cm³/mol. The molecule has 0 bridgehead atoms. The molecule has 0 saturated carbocycles. The van der Waals surface area contributed by atoms with Crippen LogP contribution in [0, 0.1) is 0 Å². The molecule has 2 heterocycles. The summed E-state index contributed by atoms with van der Waals surface area (Å²) < 4.78 is 0. The zero-order valence-corrected chi connectivity index (χ0v) is 10.9. The molecular formula is C10H17N5OS. The molecule has 0 spiro atoms. The molecule has 1 atom stereocenters. The van der Waals surface area contributed by atoms with Crippen molar-refractivity contribution >= 4 is 17.2 Å². The number of rotatable bonds is 3. The van der Waals surface area contributed by atoms with Gasteiger partial charge in [0.1, 0.15) is 5.01 Å². The second-order valence-electron chi connectivity index (χ2n) is 4.32. The standard InChI is InChI=1S/C10H17N5OS/c1-7(15-5-3-14(2)4-6-15)9-12-13-10(17-9)8(11)16/h7H,3-6H2,1-2H3,(H2,11,16). The van der Waals surface area contributed by atoms with Crippen molar-refractivity contribution in [2.75, 3.05) is 33.2 Å². The molecule has 2 rings (SSSR count). The van der Waals surface area contributed by atoms with Crippen molar-refractivity contribution < 1.29 is 4.79 Å². The minimum atomic E-state index is -0.501. The first-order valence-corrected chi connectivity index (χ1v) is 6.45. The van der Waals surface area contributed by atoms with Crippen LogP contribution in [0.3, 0.4) is 0 Å². The normalized spacial score (nSPS) is 20.4. The van der Waals surface area contributed by atoms with Crippen molar-refractivity contribution in [2.24, 2.45) is 5.73 Å². The van der Waals surface area contributed by atoms with E-state index in [0.29, 0.717) is 5.01 Å². The van der Waals surface area contributed by atoms with Crippen LogP contribution in [0.4, 0.5) is 0 Å². The summed E-state index contributed by atoms with van der Waals surface area (Å²) >= 11 is 1.29. The molecule has 1 unspecified atom stereocenters. The van der Waals surface area contributed by atoms with E-state index in [1.54, 1.807) is 0 Å². The lowest BCUT2D eigenvalue weighted by Crippen LogP contribution is -2.45. The van der Waals surface area contributed by atoms with Crippen molar-refractivity contribution in [1.82, 2.24) is 20.0 Å². The molecule has 1 saturated heterocycles. The average Bonchev–Trinajstić information content (AvgIpc) is 2.78. The van der Waals surface area contributed by atoms with E-state index >= 15 is 0 Å². The van der Waals surface area contributed by atoms with Gasteiger partial charge < -0.3 is 10.6 Å². The van der Waals surface area contributed by atoms with Crippen molar-refractivity contribution in [2.45, 2.75) is 13.0 Å². The zero-order valence-electron chi connectivity index (χ0n) is 10.1. The number of carbonyl (C=O) groups is 1. The number of hydrogen-bond acceptors (Lipinski definition) is 6. The fourth-order valence-electron chi connectivity index (χ4n) is 1.87. The van der Waals surface area contributed by atoms with E-state index in [1.165, 1.54) is 11.3 Å². The van der Waals surface area contributed by atoms with E-state index in [9.17, 15) is 4.79 Å². The fourth-order valence-corrected chi connectivity index (χ4v) is 2.65. The molecule has 1 aromatic rings. The summed E-state index contributed by atoms with van der Waals surface area (Å²) in [6.45, 7) is 6.25. The van der Waals surface area contributed by atoms with Crippen LogP contribution in [-0.4, -0.2) is 59.1 Å². The molecule has 7 heteroatoms. The second kappa shape index (κ2) is 5.07. The Balaban J connectivity index is 2.03. The van der Waals surface area contributed by atoms with Crippen molar-refractivity contribution in [3.63, 3.8) is 0 Å². The van der Waals surface area contributed by atoms with Gasteiger partial charge in [-0.05, 0) is 14.0 Å². The summed E-state index contributed by atoms with van der Waals surface area (Å²) in [5.74, 6) is -0.501. The summed E-state index contributed by atoms with van der Waals surface area (Å²) in [5.41, 5.74) is 5.17. The fraction of sp³-hybridized carbons (Fsp3) is 0.700. The number of aromatic nitrogens is 2. The van der Waals surface area contributed by atoms with Crippen molar-refractivity contribution in [3.05, 3.63) is 10.0 Å². The van der Waals surface area contributed by atoms with E-state index < -0.39 is 5.91 Å². The highest BCUT2D eigenvalue weighted by Crippen LogP contribution is 2.24. The van der Waals surface area contributed by atoms with Gasteiger partial charge in [-0.1, -0.05) is 11.3 Å². The molecule has 94 valence electrons. The summed E-state index contributed by atoms with van der Waals surface area (Å²) in [4.78, 5) is 15.6. The van der Waals surface area contributed by atoms with Crippen LogP contribution < -0.4 is 5.73 Å². The molecule has 1 aromatic heterocycles. The lowest BCUT2D eigenvalue weighted by molar-refractivity contribution is 0.0999. The van der Waals surface area contributed by atoms with Crippen LogP contribution in [0.1, 0.15) is 27.8 Å². The molecule has 0 radical (unpaired) electrons. The number of primary amides is 1. The number of amides is 1. The van der Waals surface area contributed by atoms with Gasteiger partial charge in [0, 0.05) is 26.2 Å². The van der Waals surface area contributed by atoms with Crippen molar-refractivity contribution in [1.29, 1.82) is 0 Å². The minimum Gasteiger partial charge on any atom is -0.363 e. The lowest BCUT2D eigenvalue weighted by atomic mass is 10.2. The maximum atomic E-state index is 11.0. The third kappa shape index (κ3) is 2.80. The van der Waals surface area contributed by atoms with Gasteiger partial charge in [0.15, 0.2) is 0 Å². The number of likely N-dealkylation sites (N-methyl/N-ethyl adjacent to an activating group) is 1. The average molecular weight is 255 g/mol. The second-order valence-corrected chi connectivity index (χ2v) is 5.33. The van der Waals surface area contributed by atoms with Gasteiger partial charge in [-0.3, -0.25) is 9.69 Å². The quantitative estimate of drug-likeness (QED) is 0.819. The molecule has 1 aliphatic heterocycles. The smallest absolute Gasteiger partial charge is 0.279 e. The molecular weight excluding hydrogens is 238 g/mol. The van der Waals surface area contributed by atoms with Gasteiger partial charge in [-0.2, -0.15) is 0 Å². The lowest BCUT2D eigenvalue weighted by Gasteiger charge is -2.35. The first kappa shape index (κ1) is 12.4. The van der Waals surface area contributed by atoms with E-state index in [2.05, 4.69) is 34.0 Å².